The smallest absolute Gasteiger partial charge is 0.108 e. The number of hydrogen-bond donors (Lipinski definition) is 1. The van der Waals surface area contributed by atoms with Crippen LogP contribution in [-0.2, 0) is 26.3 Å². The molecule has 1 aliphatic carbocycles. The molecule has 0 radical (unpaired) electrons. The summed E-state index contributed by atoms with van der Waals surface area (Å²) in [6.07, 6.45) is 11.3. The summed E-state index contributed by atoms with van der Waals surface area (Å²) in [5.41, 5.74) is 1.61. The number of fused-ring (bicyclic) bond motifs is 1. The lowest BCUT2D eigenvalue weighted by molar-refractivity contribution is 0.543. The van der Waals surface area contributed by atoms with Crippen LogP contribution in [0.4, 0.5) is 0 Å². The van der Waals surface area contributed by atoms with Crippen LogP contribution in [0.3, 0.4) is 0 Å². The third-order valence-corrected chi connectivity index (χ3v) is 5.64. The molecule has 0 saturated carbocycles. The van der Waals surface area contributed by atoms with Gasteiger partial charge in [-0.1, -0.05) is 0 Å². The monoisotopic (exact) mass is 289 g/mol. The summed E-state index contributed by atoms with van der Waals surface area (Å²) < 4.78 is 2.12. The Morgan fingerprint density at radius 3 is 2.95 bits per heavy atom. The van der Waals surface area contributed by atoms with E-state index < -0.39 is 0 Å². The van der Waals surface area contributed by atoms with Crippen molar-refractivity contribution in [2.24, 2.45) is 7.05 Å². The van der Waals surface area contributed by atoms with Crippen molar-refractivity contribution >= 4 is 11.3 Å². The van der Waals surface area contributed by atoms with Crippen LogP contribution in [0.2, 0.25) is 0 Å². The highest BCUT2D eigenvalue weighted by atomic mass is 32.1. The van der Waals surface area contributed by atoms with E-state index in [4.69, 9.17) is 0 Å². The lowest BCUT2D eigenvalue weighted by atomic mass is 9.98. The van der Waals surface area contributed by atoms with Crippen molar-refractivity contribution in [3.63, 3.8) is 0 Å². The first kappa shape index (κ1) is 13.8. The molecule has 4 heteroatoms. The van der Waals surface area contributed by atoms with Gasteiger partial charge in [-0.2, -0.15) is 0 Å². The quantitative estimate of drug-likeness (QED) is 0.915. The van der Waals surface area contributed by atoms with E-state index in [-0.39, 0.29) is 0 Å². The second-order valence-corrected chi connectivity index (χ2v) is 6.81. The fraction of sp³-hybridized carbons (Fsp3) is 0.562. The van der Waals surface area contributed by atoms with Gasteiger partial charge >= 0.3 is 0 Å². The highest BCUT2D eigenvalue weighted by Crippen LogP contribution is 2.34. The zero-order valence-electron chi connectivity index (χ0n) is 12.4. The molecule has 2 heterocycles. The Hall–Kier alpha value is -1.13. The van der Waals surface area contributed by atoms with Crippen molar-refractivity contribution in [1.82, 2.24) is 14.9 Å². The highest BCUT2D eigenvalue weighted by molar-refractivity contribution is 7.12. The summed E-state index contributed by atoms with van der Waals surface area (Å²) in [4.78, 5) is 7.56. The van der Waals surface area contributed by atoms with Gasteiger partial charge in [0, 0.05) is 41.7 Å². The lowest BCUT2D eigenvalue weighted by Crippen LogP contribution is -2.16. The molecule has 20 heavy (non-hydrogen) atoms. The number of aromatic nitrogens is 2. The molecule has 0 amide bonds. The minimum Gasteiger partial charge on any atom is -0.338 e. The lowest BCUT2D eigenvalue weighted by Gasteiger charge is -2.14. The maximum absolute atomic E-state index is 4.42. The second kappa shape index (κ2) is 6.10. The van der Waals surface area contributed by atoms with Gasteiger partial charge in [0.1, 0.15) is 5.82 Å². The number of hydrogen-bond acceptors (Lipinski definition) is 3. The Bertz CT molecular complexity index is 547. The van der Waals surface area contributed by atoms with Gasteiger partial charge in [-0.15, -0.1) is 11.3 Å². The summed E-state index contributed by atoms with van der Waals surface area (Å²) in [5, 5.41) is 3.48. The van der Waals surface area contributed by atoms with Crippen molar-refractivity contribution < 1.29 is 0 Å². The molecule has 0 spiro atoms. The standard InChI is InChI=1S/C16H23N3S/c1-17-13(7-8-16-18-9-10-19(16)2)15-11-12-5-3-4-6-14(12)20-15/h9-11,13,17H,3-8H2,1-2H3. The zero-order chi connectivity index (χ0) is 13.9. The Balaban J connectivity index is 1.70. The van der Waals surface area contributed by atoms with E-state index in [1.165, 1.54) is 36.4 Å². The molecule has 1 atom stereocenters. The molecule has 0 bridgehead atoms. The summed E-state index contributed by atoms with van der Waals surface area (Å²) in [7, 11) is 4.14. The Morgan fingerprint density at radius 2 is 2.25 bits per heavy atom. The van der Waals surface area contributed by atoms with E-state index in [2.05, 4.69) is 35.0 Å². The zero-order valence-corrected chi connectivity index (χ0v) is 13.2. The van der Waals surface area contributed by atoms with Gasteiger partial charge < -0.3 is 9.88 Å². The molecule has 1 N–H and O–H groups in total. The average molecular weight is 289 g/mol. The van der Waals surface area contributed by atoms with E-state index in [1.54, 1.807) is 10.4 Å². The molecule has 2 aromatic heterocycles. The summed E-state index contributed by atoms with van der Waals surface area (Å²) in [5.74, 6) is 1.17. The van der Waals surface area contributed by atoms with Crippen molar-refractivity contribution in [2.45, 2.75) is 44.6 Å². The minimum absolute atomic E-state index is 0.460. The highest BCUT2D eigenvalue weighted by Gasteiger charge is 2.18. The largest absolute Gasteiger partial charge is 0.338 e. The van der Waals surface area contributed by atoms with Gasteiger partial charge in [0.05, 0.1) is 0 Å². The molecule has 0 saturated heterocycles. The van der Waals surface area contributed by atoms with Gasteiger partial charge in [-0.05, 0) is 50.8 Å². The molecular formula is C16H23N3S. The number of aryl methyl sites for hydroxylation is 4. The number of imidazole rings is 1. The van der Waals surface area contributed by atoms with E-state index in [0.29, 0.717) is 6.04 Å². The number of nitrogens with one attached hydrogen (secondary N) is 1. The fourth-order valence-electron chi connectivity index (χ4n) is 3.03. The predicted octanol–water partition coefficient (Wildman–Crippen LogP) is 3.25. The Morgan fingerprint density at radius 1 is 1.40 bits per heavy atom. The molecule has 1 unspecified atom stereocenters. The van der Waals surface area contributed by atoms with E-state index >= 15 is 0 Å². The first-order valence-corrected chi connectivity index (χ1v) is 8.34. The normalized spacial score (nSPS) is 16.1. The number of rotatable bonds is 5. The SMILES string of the molecule is CNC(CCc1nccn1C)c1cc2c(s1)CCCC2. The Kier molecular flexibility index (Phi) is 4.22. The molecule has 0 fully saturated rings. The van der Waals surface area contributed by atoms with Crippen LogP contribution in [0.5, 0.6) is 0 Å². The Labute approximate surface area is 125 Å². The molecular weight excluding hydrogens is 266 g/mol. The first-order valence-electron chi connectivity index (χ1n) is 7.53. The summed E-state index contributed by atoms with van der Waals surface area (Å²) >= 11 is 2.02. The molecule has 2 aromatic rings. The van der Waals surface area contributed by atoms with Crippen molar-refractivity contribution in [2.75, 3.05) is 7.05 Å². The van der Waals surface area contributed by atoms with Crippen LogP contribution < -0.4 is 5.32 Å². The summed E-state index contributed by atoms with van der Waals surface area (Å²) in [6, 6.07) is 2.90. The third-order valence-electron chi connectivity index (χ3n) is 4.29. The van der Waals surface area contributed by atoms with Crippen LogP contribution in [0.15, 0.2) is 18.5 Å². The van der Waals surface area contributed by atoms with Crippen LogP contribution in [-0.4, -0.2) is 16.6 Å². The molecule has 1 aliphatic rings. The van der Waals surface area contributed by atoms with E-state index in [1.807, 2.05) is 23.7 Å². The molecule has 3 rings (SSSR count). The van der Waals surface area contributed by atoms with Gasteiger partial charge in [0.2, 0.25) is 0 Å². The summed E-state index contributed by atoms with van der Waals surface area (Å²) in [6.45, 7) is 0. The molecule has 3 nitrogen and oxygen atoms in total. The number of thiophene rings is 1. The van der Waals surface area contributed by atoms with Gasteiger partial charge in [-0.25, -0.2) is 4.98 Å². The maximum Gasteiger partial charge on any atom is 0.108 e. The van der Waals surface area contributed by atoms with Crippen molar-refractivity contribution in [3.05, 3.63) is 39.6 Å². The number of nitrogens with zero attached hydrogens (tertiary/aromatic N) is 2. The van der Waals surface area contributed by atoms with Crippen molar-refractivity contribution in [1.29, 1.82) is 0 Å². The third kappa shape index (κ3) is 2.81. The minimum atomic E-state index is 0.460. The molecule has 0 aliphatic heterocycles. The van der Waals surface area contributed by atoms with Gasteiger partial charge in [0.15, 0.2) is 0 Å². The van der Waals surface area contributed by atoms with Crippen LogP contribution in [0.25, 0.3) is 0 Å². The van der Waals surface area contributed by atoms with Gasteiger partial charge in [0.25, 0.3) is 0 Å². The van der Waals surface area contributed by atoms with Crippen LogP contribution >= 0.6 is 11.3 Å². The topological polar surface area (TPSA) is 29.9 Å². The predicted molar refractivity (Wildman–Crippen MR) is 84.3 cm³/mol. The average Bonchev–Trinajstić information content (AvgIpc) is 3.06. The van der Waals surface area contributed by atoms with Gasteiger partial charge in [-0.3, -0.25) is 0 Å². The fourth-order valence-corrected chi connectivity index (χ4v) is 4.43. The second-order valence-electron chi connectivity index (χ2n) is 5.64. The molecule has 0 aromatic carbocycles. The van der Waals surface area contributed by atoms with E-state index in [0.717, 1.165) is 12.8 Å². The van der Waals surface area contributed by atoms with Crippen LogP contribution in [0, 0.1) is 0 Å². The first-order chi connectivity index (χ1) is 9.78. The maximum atomic E-state index is 4.42. The van der Waals surface area contributed by atoms with E-state index in [9.17, 15) is 0 Å². The molecule has 108 valence electrons. The van der Waals surface area contributed by atoms with Crippen LogP contribution in [0.1, 0.15) is 46.4 Å². The van der Waals surface area contributed by atoms with Crippen molar-refractivity contribution in [3.8, 4) is 0 Å².